The van der Waals surface area contributed by atoms with Gasteiger partial charge in [-0.1, -0.05) is 12.1 Å². The fourth-order valence-corrected chi connectivity index (χ4v) is 2.10. The van der Waals surface area contributed by atoms with Gasteiger partial charge in [-0.2, -0.15) is 13.2 Å². The van der Waals surface area contributed by atoms with Gasteiger partial charge in [0.25, 0.3) is 5.91 Å². The summed E-state index contributed by atoms with van der Waals surface area (Å²) >= 11 is 0. The summed E-state index contributed by atoms with van der Waals surface area (Å²) in [5, 5.41) is 2.70. The molecule has 2 rings (SSSR count). The van der Waals surface area contributed by atoms with Gasteiger partial charge in [0.05, 0.1) is 0 Å². The number of benzene rings is 1. The van der Waals surface area contributed by atoms with E-state index >= 15 is 0 Å². The van der Waals surface area contributed by atoms with Gasteiger partial charge in [0.2, 0.25) is 0 Å². The monoisotopic (exact) mass is 301 g/mol. The zero-order valence-electron chi connectivity index (χ0n) is 11.1. The Hall–Kier alpha value is -1.89. The van der Waals surface area contributed by atoms with Crippen LogP contribution in [-0.2, 0) is 11.2 Å². The van der Waals surface area contributed by atoms with E-state index in [4.69, 9.17) is 0 Å². The van der Waals surface area contributed by atoms with Crippen LogP contribution in [0.5, 0.6) is 0 Å². The second kappa shape index (κ2) is 6.26. The van der Waals surface area contributed by atoms with Crippen LogP contribution >= 0.6 is 0 Å². The highest BCUT2D eigenvalue weighted by Crippen LogP contribution is 2.18. The average Bonchev–Trinajstić information content (AvgIpc) is 2.59. The lowest BCUT2D eigenvalue weighted by molar-refractivity contribution is -0.170. The molecule has 0 aromatic heterocycles. The summed E-state index contributed by atoms with van der Waals surface area (Å²) in [7, 11) is 0. The maximum atomic E-state index is 11.9. The second-order valence-corrected chi connectivity index (χ2v) is 4.76. The molecule has 1 aliphatic rings. The number of rotatable bonds is 4. The third kappa shape index (κ3) is 4.29. The van der Waals surface area contributed by atoms with Crippen LogP contribution in [0.25, 0.3) is 0 Å². The van der Waals surface area contributed by atoms with Crippen LogP contribution in [0.3, 0.4) is 0 Å². The van der Waals surface area contributed by atoms with E-state index in [9.17, 15) is 22.8 Å². The van der Waals surface area contributed by atoms with Crippen LogP contribution in [0.2, 0.25) is 0 Å². The van der Waals surface area contributed by atoms with Gasteiger partial charge in [-0.15, -0.1) is 0 Å². The minimum atomic E-state index is -4.46. The van der Waals surface area contributed by atoms with E-state index in [1.807, 2.05) is 0 Å². The van der Waals surface area contributed by atoms with Crippen molar-refractivity contribution < 1.29 is 27.5 Å². The molecule has 1 aliphatic heterocycles. The van der Waals surface area contributed by atoms with Gasteiger partial charge in [-0.05, 0) is 24.5 Å². The Balaban J connectivity index is 2.07. The smallest absolute Gasteiger partial charge is 0.364 e. The number of carbonyl (C=O) groups excluding carboxylic acids is 2. The van der Waals surface area contributed by atoms with E-state index in [-0.39, 0.29) is 11.5 Å². The van der Waals surface area contributed by atoms with Crippen molar-refractivity contribution >= 4 is 11.7 Å². The lowest BCUT2D eigenvalue weighted by atomic mass is 9.99. The lowest BCUT2D eigenvalue weighted by Crippen LogP contribution is -2.23. The summed E-state index contributed by atoms with van der Waals surface area (Å²) in [6.07, 6.45) is -2.94. The number of hydrogen-bond acceptors (Lipinski definition) is 3. The van der Waals surface area contributed by atoms with Crippen molar-refractivity contribution in [1.29, 1.82) is 0 Å². The molecule has 1 amide bonds. The molecule has 1 N–H and O–H groups in total. The number of ether oxygens (including phenoxy) is 1. The molecule has 0 atom stereocenters. The van der Waals surface area contributed by atoms with Gasteiger partial charge in [-0.25, -0.2) is 0 Å². The molecule has 21 heavy (non-hydrogen) atoms. The Bertz CT molecular complexity index is 555. The molecule has 4 nitrogen and oxygen atoms in total. The molecule has 0 spiro atoms. The van der Waals surface area contributed by atoms with Crippen molar-refractivity contribution in [2.75, 3.05) is 19.8 Å². The number of ketones is 1. The van der Waals surface area contributed by atoms with Crippen LogP contribution in [0.4, 0.5) is 13.2 Å². The summed E-state index contributed by atoms with van der Waals surface area (Å²) in [5.41, 5.74) is 1.40. The number of hydrogen-bond donors (Lipinski definition) is 1. The van der Waals surface area contributed by atoms with Gasteiger partial charge in [-0.3, -0.25) is 9.59 Å². The van der Waals surface area contributed by atoms with E-state index < -0.39 is 25.2 Å². The quantitative estimate of drug-likeness (QED) is 0.867. The first-order chi connectivity index (χ1) is 9.87. The Morgan fingerprint density at radius 2 is 2.10 bits per heavy atom. The Morgan fingerprint density at radius 3 is 2.81 bits per heavy atom. The third-order valence-corrected chi connectivity index (χ3v) is 3.08. The molecule has 114 valence electrons. The first kappa shape index (κ1) is 15.5. The highest BCUT2D eigenvalue weighted by molar-refractivity contribution is 6.02. The minimum Gasteiger partial charge on any atom is -0.364 e. The molecule has 7 heteroatoms. The maximum Gasteiger partial charge on any atom is 0.411 e. The van der Waals surface area contributed by atoms with Crippen molar-refractivity contribution in [3.05, 3.63) is 34.9 Å². The van der Waals surface area contributed by atoms with E-state index in [1.54, 1.807) is 6.07 Å². The van der Waals surface area contributed by atoms with Crippen molar-refractivity contribution in [1.82, 2.24) is 5.32 Å². The normalized spacial score (nSPS) is 15.1. The molecular formula is C14H14F3NO3. The Labute approximate surface area is 119 Å². The van der Waals surface area contributed by atoms with Gasteiger partial charge in [0.15, 0.2) is 5.78 Å². The molecular weight excluding hydrogens is 287 g/mol. The van der Waals surface area contributed by atoms with E-state index in [0.717, 1.165) is 12.0 Å². The van der Waals surface area contributed by atoms with Crippen LogP contribution in [0.1, 0.15) is 32.7 Å². The first-order valence-electron chi connectivity index (χ1n) is 6.45. The molecule has 0 fully saturated rings. The number of Topliss-reactive ketones (excluding diaryl/α,β-unsaturated/α-hetero) is 1. The zero-order chi connectivity index (χ0) is 15.5. The zero-order valence-corrected chi connectivity index (χ0v) is 11.1. The molecule has 0 bridgehead atoms. The molecule has 0 saturated heterocycles. The van der Waals surface area contributed by atoms with Gasteiger partial charge >= 0.3 is 6.18 Å². The molecule has 1 aromatic carbocycles. The molecule has 0 saturated carbocycles. The van der Waals surface area contributed by atoms with Gasteiger partial charge < -0.3 is 10.1 Å². The largest absolute Gasteiger partial charge is 0.411 e. The molecule has 0 aliphatic carbocycles. The van der Waals surface area contributed by atoms with Crippen LogP contribution < -0.4 is 5.32 Å². The van der Waals surface area contributed by atoms with Crippen LogP contribution in [0.15, 0.2) is 18.2 Å². The highest BCUT2D eigenvalue weighted by atomic mass is 19.4. The SMILES string of the molecule is O=C(COCC(F)(F)F)c1ccc2c(c1)C(=O)NCCC2. The lowest BCUT2D eigenvalue weighted by Gasteiger charge is -2.09. The highest BCUT2D eigenvalue weighted by Gasteiger charge is 2.28. The molecule has 0 radical (unpaired) electrons. The van der Waals surface area contributed by atoms with Crippen molar-refractivity contribution in [2.45, 2.75) is 19.0 Å². The van der Waals surface area contributed by atoms with Gasteiger partial charge in [0.1, 0.15) is 13.2 Å². The molecule has 1 heterocycles. The number of halogens is 3. The number of carbonyl (C=O) groups is 2. The summed E-state index contributed by atoms with van der Waals surface area (Å²) in [4.78, 5) is 23.6. The number of amides is 1. The second-order valence-electron chi connectivity index (χ2n) is 4.76. The number of alkyl halides is 3. The van der Waals surface area contributed by atoms with Crippen molar-refractivity contribution in [2.24, 2.45) is 0 Å². The predicted molar refractivity (Wildman–Crippen MR) is 68.3 cm³/mol. The number of nitrogens with one attached hydrogen (secondary N) is 1. The first-order valence-corrected chi connectivity index (χ1v) is 6.45. The number of fused-ring (bicyclic) bond motifs is 1. The number of aryl methyl sites for hydroxylation is 1. The van der Waals surface area contributed by atoms with Gasteiger partial charge in [0, 0.05) is 17.7 Å². The summed E-state index contributed by atoms with van der Waals surface area (Å²) < 4.78 is 40.2. The van der Waals surface area contributed by atoms with Crippen LogP contribution in [-0.4, -0.2) is 37.6 Å². The van der Waals surface area contributed by atoms with E-state index in [1.165, 1.54) is 12.1 Å². The fourth-order valence-electron chi connectivity index (χ4n) is 2.10. The van der Waals surface area contributed by atoms with E-state index in [0.29, 0.717) is 18.5 Å². The third-order valence-electron chi connectivity index (χ3n) is 3.08. The summed E-state index contributed by atoms with van der Waals surface area (Å²) in [5.74, 6) is -0.854. The molecule has 0 unspecified atom stereocenters. The van der Waals surface area contributed by atoms with Crippen LogP contribution in [0, 0.1) is 0 Å². The Morgan fingerprint density at radius 1 is 1.33 bits per heavy atom. The standard InChI is InChI=1S/C14H14F3NO3/c15-14(16,17)8-21-7-12(19)10-4-3-9-2-1-5-18-13(20)11(9)6-10/h3-4,6H,1-2,5,7-8H2,(H,18,20). The van der Waals surface area contributed by atoms with E-state index in [2.05, 4.69) is 10.1 Å². The summed E-state index contributed by atoms with van der Waals surface area (Å²) in [6.45, 7) is -1.57. The van der Waals surface area contributed by atoms with Crippen molar-refractivity contribution in [3.8, 4) is 0 Å². The minimum absolute atomic E-state index is 0.174. The average molecular weight is 301 g/mol. The topological polar surface area (TPSA) is 55.4 Å². The molecule has 1 aromatic rings. The predicted octanol–water partition coefficient (Wildman–Crippen LogP) is 2.12. The Kier molecular flexibility index (Phi) is 4.62. The fraction of sp³-hybridized carbons (Fsp3) is 0.429. The van der Waals surface area contributed by atoms with Crippen molar-refractivity contribution in [3.63, 3.8) is 0 Å². The summed E-state index contributed by atoms with van der Waals surface area (Å²) in [6, 6.07) is 4.59. The maximum absolute atomic E-state index is 11.9.